The van der Waals surface area contributed by atoms with Crippen LogP contribution in [0.3, 0.4) is 0 Å². The molecule has 0 bridgehead atoms. The van der Waals surface area contributed by atoms with Gasteiger partial charge in [0.15, 0.2) is 0 Å². The molecule has 8 heteroatoms. The molecule has 1 fully saturated rings. The molecular formula is C20H22N6O2. The van der Waals surface area contributed by atoms with E-state index in [-0.39, 0.29) is 11.9 Å². The van der Waals surface area contributed by atoms with Gasteiger partial charge in [-0.2, -0.15) is 10.1 Å². The van der Waals surface area contributed by atoms with Crippen molar-refractivity contribution >= 4 is 5.91 Å². The number of aryl methyl sites for hydroxylation is 2. The Labute approximate surface area is 162 Å². The van der Waals surface area contributed by atoms with E-state index < -0.39 is 0 Å². The van der Waals surface area contributed by atoms with Gasteiger partial charge in [0.25, 0.3) is 5.91 Å². The molecule has 3 heterocycles. The zero-order valence-corrected chi connectivity index (χ0v) is 15.7. The summed E-state index contributed by atoms with van der Waals surface area (Å²) in [6.07, 6.45) is 6.01. The predicted molar refractivity (Wildman–Crippen MR) is 102 cm³/mol. The highest BCUT2D eigenvalue weighted by molar-refractivity contribution is 5.94. The number of benzene rings is 1. The molecule has 1 aliphatic carbocycles. The molecule has 1 aliphatic heterocycles. The SMILES string of the molecule is CCc1nc(-c2ccc3c(c2)CC[C@H]3NC(=O)c2cnn(C3CNC3)c2)no1. The number of fused-ring (bicyclic) bond motifs is 1. The van der Waals surface area contributed by atoms with E-state index in [0.717, 1.165) is 43.5 Å². The monoisotopic (exact) mass is 378 g/mol. The lowest BCUT2D eigenvalue weighted by Gasteiger charge is -2.27. The Morgan fingerprint density at radius 1 is 1.39 bits per heavy atom. The van der Waals surface area contributed by atoms with Gasteiger partial charge in [-0.15, -0.1) is 0 Å². The molecule has 1 amide bonds. The number of carbonyl (C=O) groups is 1. The summed E-state index contributed by atoms with van der Waals surface area (Å²) in [5, 5.41) is 14.7. The summed E-state index contributed by atoms with van der Waals surface area (Å²) in [7, 11) is 0. The predicted octanol–water partition coefficient (Wildman–Crippen LogP) is 2.06. The lowest BCUT2D eigenvalue weighted by molar-refractivity contribution is 0.0936. The highest BCUT2D eigenvalue weighted by Gasteiger charge is 2.26. The first-order valence-electron chi connectivity index (χ1n) is 9.73. The molecular weight excluding hydrogens is 356 g/mol. The molecule has 0 radical (unpaired) electrons. The fourth-order valence-corrected chi connectivity index (χ4v) is 3.78. The van der Waals surface area contributed by atoms with Gasteiger partial charge >= 0.3 is 0 Å². The van der Waals surface area contributed by atoms with E-state index in [2.05, 4.69) is 38.0 Å². The van der Waals surface area contributed by atoms with Crippen LogP contribution in [0.4, 0.5) is 0 Å². The number of amides is 1. The molecule has 2 N–H and O–H groups in total. The number of nitrogens with zero attached hydrogens (tertiary/aromatic N) is 4. The molecule has 2 aliphatic rings. The standard InChI is InChI=1S/C20H22N6O2/c1-2-18-24-19(25-28-18)13-3-5-16-12(7-13)4-6-17(16)23-20(27)14-8-22-26(11-14)15-9-21-10-15/h3,5,7-8,11,15,17,21H,2,4,6,9-10H2,1H3,(H,23,27)/t17-/m1/s1. The van der Waals surface area contributed by atoms with Crippen molar-refractivity contribution in [1.82, 2.24) is 30.6 Å². The molecule has 3 aromatic rings. The van der Waals surface area contributed by atoms with Crippen LogP contribution in [0.1, 0.15) is 52.8 Å². The minimum absolute atomic E-state index is 0.0155. The largest absolute Gasteiger partial charge is 0.345 e. The van der Waals surface area contributed by atoms with Crippen LogP contribution in [0.5, 0.6) is 0 Å². The molecule has 0 saturated carbocycles. The van der Waals surface area contributed by atoms with Gasteiger partial charge < -0.3 is 15.2 Å². The van der Waals surface area contributed by atoms with Crippen LogP contribution < -0.4 is 10.6 Å². The van der Waals surface area contributed by atoms with Crippen molar-refractivity contribution in [1.29, 1.82) is 0 Å². The number of nitrogens with one attached hydrogen (secondary N) is 2. The first kappa shape index (κ1) is 17.1. The molecule has 2 aromatic heterocycles. The zero-order valence-electron chi connectivity index (χ0n) is 15.7. The van der Waals surface area contributed by atoms with E-state index in [1.54, 1.807) is 6.20 Å². The van der Waals surface area contributed by atoms with Crippen molar-refractivity contribution in [2.45, 2.75) is 38.3 Å². The Hall–Kier alpha value is -3.00. The van der Waals surface area contributed by atoms with Crippen LogP contribution in [-0.2, 0) is 12.8 Å². The molecule has 0 spiro atoms. The molecule has 28 heavy (non-hydrogen) atoms. The third kappa shape index (κ3) is 2.99. The van der Waals surface area contributed by atoms with Gasteiger partial charge in [0.05, 0.1) is 23.8 Å². The summed E-state index contributed by atoms with van der Waals surface area (Å²) in [5.74, 6) is 1.18. The lowest BCUT2D eigenvalue weighted by atomic mass is 10.0. The molecule has 5 rings (SSSR count). The Bertz CT molecular complexity index is 1020. The number of carbonyl (C=O) groups excluding carboxylic acids is 1. The maximum atomic E-state index is 12.7. The van der Waals surface area contributed by atoms with E-state index in [0.29, 0.717) is 23.3 Å². The van der Waals surface area contributed by atoms with E-state index in [1.165, 1.54) is 5.56 Å². The summed E-state index contributed by atoms with van der Waals surface area (Å²) < 4.78 is 7.08. The Morgan fingerprint density at radius 3 is 3.04 bits per heavy atom. The molecule has 0 unspecified atom stereocenters. The van der Waals surface area contributed by atoms with Gasteiger partial charge in [0.2, 0.25) is 11.7 Å². The topological polar surface area (TPSA) is 97.9 Å². The number of hydrogen-bond acceptors (Lipinski definition) is 6. The molecule has 1 aromatic carbocycles. The molecule has 1 atom stereocenters. The number of rotatable bonds is 5. The van der Waals surface area contributed by atoms with Gasteiger partial charge in [0, 0.05) is 31.3 Å². The van der Waals surface area contributed by atoms with Gasteiger partial charge in [0.1, 0.15) is 0 Å². The summed E-state index contributed by atoms with van der Waals surface area (Å²) in [5.41, 5.74) is 3.94. The first-order chi connectivity index (χ1) is 13.7. The smallest absolute Gasteiger partial charge is 0.254 e. The minimum Gasteiger partial charge on any atom is -0.345 e. The quantitative estimate of drug-likeness (QED) is 0.705. The summed E-state index contributed by atoms with van der Waals surface area (Å²) in [6.45, 7) is 3.79. The summed E-state index contributed by atoms with van der Waals surface area (Å²) >= 11 is 0. The highest BCUT2D eigenvalue weighted by atomic mass is 16.5. The first-order valence-corrected chi connectivity index (χ1v) is 9.73. The van der Waals surface area contributed by atoms with Crippen LogP contribution in [-0.4, -0.2) is 38.9 Å². The Kier molecular flexibility index (Phi) is 4.20. The third-order valence-electron chi connectivity index (χ3n) is 5.55. The van der Waals surface area contributed by atoms with E-state index in [4.69, 9.17) is 4.52 Å². The number of hydrogen-bond donors (Lipinski definition) is 2. The van der Waals surface area contributed by atoms with Gasteiger partial charge in [-0.1, -0.05) is 24.2 Å². The maximum absolute atomic E-state index is 12.7. The van der Waals surface area contributed by atoms with Crippen LogP contribution in [0.15, 0.2) is 35.1 Å². The Morgan fingerprint density at radius 2 is 2.29 bits per heavy atom. The minimum atomic E-state index is -0.0776. The third-order valence-corrected chi connectivity index (χ3v) is 5.55. The van der Waals surface area contributed by atoms with Gasteiger partial charge in [-0.3, -0.25) is 9.48 Å². The fourth-order valence-electron chi connectivity index (χ4n) is 3.78. The van der Waals surface area contributed by atoms with Crippen molar-refractivity contribution in [2.75, 3.05) is 13.1 Å². The highest BCUT2D eigenvalue weighted by Crippen LogP contribution is 2.34. The average Bonchev–Trinajstić information content (AvgIpc) is 3.39. The normalized spacial score (nSPS) is 18.7. The van der Waals surface area contributed by atoms with E-state index in [9.17, 15) is 4.79 Å². The Balaban J connectivity index is 1.30. The van der Waals surface area contributed by atoms with Gasteiger partial charge in [-0.05, 0) is 30.0 Å². The second-order valence-electron chi connectivity index (χ2n) is 7.36. The van der Waals surface area contributed by atoms with Crippen molar-refractivity contribution in [3.8, 4) is 11.4 Å². The summed E-state index contributed by atoms with van der Waals surface area (Å²) in [4.78, 5) is 17.1. The fraction of sp³-hybridized carbons (Fsp3) is 0.400. The molecule has 1 saturated heterocycles. The molecule has 144 valence electrons. The zero-order chi connectivity index (χ0) is 19.1. The van der Waals surface area contributed by atoms with Crippen molar-refractivity contribution < 1.29 is 9.32 Å². The van der Waals surface area contributed by atoms with E-state index >= 15 is 0 Å². The van der Waals surface area contributed by atoms with Crippen molar-refractivity contribution in [3.05, 3.63) is 53.2 Å². The molecule has 8 nitrogen and oxygen atoms in total. The van der Waals surface area contributed by atoms with Crippen molar-refractivity contribution in [2.24, 2.45) is 0 Å². The second kappa shape index (κ2) is 6.87. The van der Waals surface area contributed by atoms with Crippen LogP contribution in [0.2, 0.25) is 0 Å². The van der Waals surface area contributed by atoms with E-state index in [1.807, 2.05) is 23.9 Å². The maximum Gasteiger partial charge on any atom is 0.254 e. The van der Waals surface area contributed by atoms with Crippen LogP contribution >= 0.6 is 0 Å². The lowest BCUT2D eigenvalue weighted by Crippen LogP contribution is -2.43. The number of aromatic nitrogens is 4. The average molecular weight is 378 g/mol. The second-order valence-corrected chi connectivity index (χ2v) is 7.36. The summed E-state index contributed by atoms with van der Waals surface area (Å²) in [6, 6.07) is 6.53. The van der Waals surface area contributed by atoms with Crippen molar-refractivity contribution in [3.63, 3.8) is 0 Å². The van der Waals surface area contributed by atoms with Crippen LogP contribution in [0.25, 0.3) is 11.4 Å². The van der Waals surface area contributed by atoms with Gasteiger partial charge in [-0.25, -0.2) is 0 Å². The van der Waals surface area contributed by atoms with Crippen LogP contribution in [0, 0.1) is 0 Å².